The van der Waals surface area contributed by atoms with E-state index in [1.54, 1.807) is 24.3 Å². The summed E-state index contributed by atoms with van der Waals surface area (Å²) in [7, 11) is 0. The van der Waals surface area contributed by atoms with Crippen molar-refractivity contribution in [3.8, 4) is 5.69 Å². The first kappa shape index (κ1) is 11.0. The van der Waals surface area contributed by atoms with E-state index in [4.69, 9.17) is 34.8 Å². The Labute approximate surface area is 105 Å². The standard InChI is InChI=1S/C9H4Cl3NOS/c10-5-1-3-6(4-2-5)13-9(14)7(11)8(12)15-13/h1-4H. The second kappa shape index (κ2) is 4.18. The Bertz CT molecular complexity index is 543. The van der Waals surface area contributed by atoms with Crippen molar-refractivity contribution in [1.29, 1.82) is 0 Å². The van der Waals surface area contributed by atoms with Crippen molar-refractivity contribution in [3.05, 3.63) is 49.0 Å². The van der Waals surface area contributed by atoms with Gasteiger partial charge >= 0.3 is 0 Å². The second-order valence-corrected chi connectivity index (χ2v) is 5.13. The fourth-order valence-corrected chi connectivity index (χ4v) is 2.46. The van der Waals surface area contributed by atoms with Gasteiger partial charge in [0.15, 0.2) is 0 Å². The minimum absolute atomic E-state index is 0.0524. The first-order chi connectivity index (χ1) is 7.09. The van der Waals surface area contributed by atoms with Gasteiger partial charge in [0.05, 0.1) is 5.69 Å². The Hall–Kier alpha value is -0.480. The number of nitrogens with zero attached hydrogens (tertiary/aromatic N) is 1. The van der Waals surface area contributed by atoms with Crippen LogP contribution in [0.1, 0.15) is 0 Å². The van der Waals surface area contributed by atoms with Gasteiger partial charge in [0.25, 0.3) is 5.56 Å². The van der Waals surface area contributed by atoms with E-state index in [1.165, 1.54) is 3.96 Å². The monoisotopic (exact) mass is 279 g/mol. The first-order valence-corrected chi connectivity index (χ1v) is 5.83. The molecule has 1 aromatic carbocycles. The molecule has 0 saturated heterocycles. The van der Waals surface area contributed by atoms with Gasteiger partial charge < -0.3 is 0 Å². The minimum atomic E-state index is -0.311. The molecule has 0 amide bonds. The summed E-state index contributed by atoms with van der Waals surface area (Å²) in [5.41, 5.74) is 0.386. The lowest BCUT2D eigenvalue weighted by atomic mass is 10.3. The maximum absolute atomic E-state index is 11.6. The van der Waals surface area contributed by atoms with E-state index in [0.717, 1.165) is 11.5 Å². The molecule has 0 aliphatic carbocycles. The molecule has 0 unspecified atom stereocenters. The van der Waals surface area contributed by atoms with Crippen molar-refractivity contribution in [2.45, 2.75) is 0 Å². The van der Waals surface area contributed by atoms with Crippen LogP contribution >= 0.6 is 46.3 Å². The minimum Gasteiger partial charge on any atom is -0.266 e. The third-order valence-electron chi connectivity index (χ3n) is 1.78. The second-order valence-electron chi connectivity index (χ2n) is 2.75. The van der Waals surface area contributed by atoms with E-state index < -0.39 is 0 Å². The quantitative estimate of drug-likeness (QED) is 0.777. The van der Waals surface area contributed by atoms with Crippen molar-refractivity contribution in [3.63, 3.8) is 0 Å². The number of aromatic nitrogens is 1. The van der Waals surface area contributed by atoms with Crippen LogP contribution in [0, 0.1) is 0 Å². The van der Waals surface area contributed by atoms with Crippen LogP contribution in [0.3, 0.4) is 0 Å². The molecular formula is C9H4Cl3NOS. The molecule has 0 spiro atoms. The van der Waals surface area contributed by atoms with Crippen LogP contribution in [0.15, 0.2) is 29.1 Å². The molecule has 0 bridgehead atoms. The number of benzene rings is 1. The fourth-order valence-electron chi connectivity index (χ4n) is 1.08. The van der Waals surface area contributed by atoms with E-state index >= 15 is 0 Å². The molecule has 1 heterocycles. The summed E-state index contributed by atoms with van der Waals surface area (Å²) in [5.74, 6) is 0. The van der Waals surface area contributed by atoms with Crippen LogP contribution in [-0.2, 0) is 0 Å². The zero-order chi connectivity index (χ0) is 11.0. The Morgan fingerprint density at radius 3 is 2.13 bits per heavy atom. The molecule has 78 valence electrons. The van der Waals surface area contributed by atoms with Gasteiger partial charge in [-0.05, 0) is 35.8 Å². The van der Waals surface area contributed by atoms with Crippen LogP contribution in [0.2, 0.25) is 14.4 Å². The molecule has 0 saturated carbocycles. The van der Waals surface area contributed by atoms with Crippen LogP contribution < -0.4 is 5.56 Å². The van der Waals surface area contributed by atoms with Crippen molar-refractivity contribution in [1.82, 2.24) is 3.96 Å². The van der Waals surface area contributed by atoms with Crippen LogP contribution in [-0.4, -0.2) is 3.96 Å². The Balaban J connectivity index is 2.59. The van der Waals surface area contributed by atoms with Crippen molar-refractivity contribution in [2.75, 3.05) is 0 Å². The highest BCUT2D eigenvalue weighted by Crippen LogP contribution is 2.26. The van der Waals surface area contributed by atoms with Gasteiger partial charge in [-0.25, -0.2) is 3.96 Å². The molecule has 0 aliphatic rings. The highest BCUT2D eigenvalue weighted by Gasteiger charge is 2.11. The molecule has 2 aromatic rings. The van der Waals surface area contributed by atoms with Gasteiger partial charge in [0.1, 0.15) is 9.36 Å². The largest absolute Gasteiger partial charge is 0.285 e. The van der Waals surface area contributed by atoms with Gasteiger partial charge in [-0.2, -0.15) is 0 Å². The lowest BCUT2D eigenvalue weighted by Crippen LogP contribution is -2.10. The molecule has 0 radical (unpaired) electrons. The highest BCUT2D eigenvalue weighted by molar-refractivity contribution is 7.12. The van der Waals surface area contributed by atoms with Gasteiger partial charge in [0.2, 0.25) is 0 Å². The molecule has 6 heteroatoms. The maximum Gasteiger partial charge on any atom is 0.285 e. The topological polar surface area (TPSA) is 22.0 Å². The molecule has 0 fully saturated rings. The predicted molar refractivity (Wildman–Crippen MR) is 64.9 cm³/mol. The molecule has 2 rings (SSSR count). The molecule has 1 aromatic heterocycles. The van der Waals surface area contributed by atoms with Gasteiger partial charge in [0, 0.05) is 5.02 Å². The zero-order valence-electron chi connectivity index (χ0n) is 7.21. The summed E-state index contributed by atoms with van der Waals surface area (Å²) in [6.07, 6.45) is 0. The molecule has 0 aliphatic heterocycles. The van der Waals surface area contributed by atoms with Crippen molar-refractivity contribution < 1.29 is 0 Å². The number of halogens is 3. The van der Waals surface area contributed by atoms with E-state index in [2.05, 4.69) is 0 Å². The Morgan fingerprint density at radius 2 is 1.67 bits per heavy atom. The molecule has 15 heavy (non-hydrogen) atoms. The van der Waals surface area contributed by atoms with E-state index in [1.807, 2.05) is 0 Å². The van der Waals surface area contributed by atoms with Gasteiger partial charge in [-0.3, -0.25) is 4.79 Å². The number of hydrogen-bond acceptors (Lipinski definition) is 2. The summed E-state index contributed by atoms with van der Waals surface area (Å²) in [5, 5.41) is 0.664. The summed E-state index contributed by atoms with van der Waals surface area (Å²) < 4.78 is 1.71. The normalized spacial score (nSPS) is 10.6. The van der Waals surface area contributed by atoms with Crippen molar-refractivity contribution in [2.24, 2.45) is 0 Å². The van der Waals surface area contributed by atoms with Crippen LogP contribution in [0.5, 0.6) is 0 Å². The average molecular weight is 281 g/mol. The average Bonchev–Trinajstić information content (AvgIpc) is 2.47. The van der Waals surface area contributed by atoms with E-state index in [9.17, 15) is 4.79 Å². The predicted octanol–water partition coefficient (Wildman–Crippen LogP) is 3.86. The van der Waals surface area contributed by atoms with E-state index in [-0.39, 0.29) is 14.9 Å². The fraction of sp³-hybridized carbons (Fsp3) is 0. The first-order valence-electron chi connectivity index (χ1n) is 3.93. The van der Waals surface area contributed by atoms with Gasteiger partial charge in [-0.1, -0.05) is 34.8 Å². The number of hydrogen-bond donors (Lipinski definition) is 0. The summed E-state index contributed by atoms with van der Waals surface area (Å²) >= 11 is 18.3. The van der Waals surface area contributed by atoms with Crippen LogP contribution in [0.4, 0.5) is 0 Å². The van der Waals surface area contributed by atoms with Crippen LogP contribution in [0.25, 0.3) is 5.69 Å². The molecule has 2 nitrogen and oxygen atoms in total. The van der Waals surface area contributed by atoms with Crippen molar-refractivity contribution >= 4 is 46.3 Å². The zero-order valence-corrected chi connectivity index (χ0v) is 10.3. The summed E-state index contributed by atoms with van der Waals surface area (Å²) in [6, 6.07) is 6.86. The number of rotatable bonds is 1. The Morgan fingerprint density at radius 1 is 1.07 bits per heavy atom. The molecule has 0 N–H and O–H groups in total. The lowest BCUT2D eigenvalue weighted by molar-refractivity contribution is 1.13. The molecule has 0 atom stereocenters. The molecular weight excluding hydrogens is 277 g/mol. The summed E-state index contributed by atoms with van der Waals surface area (Å²) in [4.78, 5) is 11.6. The maximum atomic E-state index is 11.6. The Kier molecular flexibility index (Phi) is 3.07. The third-order valence-corrected chi connectivity index (χ3v) is 3.91. The lowest BCUT2D eigenvalue weighted by Gasteiger charge is -1.98. The summed E-state index contributed by atoms with van der Waals surface area (Å²) in [6.45, 7) is 0. The SMILES string of the molecule is O=c1c(Cl)c(Cl)sn1-c1ccc(Cl)cc1. The smallest absolute Gasteiger partial charge is 0.266 e. The van der Waals surface area contributed by atoms with Gasteiger partial charge in [-0.15, -0.1) is 0 Å². The third kappa shape index (κ3) is 2.06. The highest BCUT2D eigenvalue weighted by atomic mass is 35.5. The van der Waals surface area contributed by atoms with E-state index in [0.29, 0.717) is 10.7 Å².